The van der Waals surface area contributed by atoms with E-state index in [0.29, 0.717) is 29.2 Å². The first-order chi connectivity index (χ1) is 14.9. The number of benzene rings is 1. The molecule has 0 radical (unpaired) electrons. The maximum Gasteiger partial charge on any atom is 0.255 e. The van der Waals surface area contributed by atoms with Crippen LogP contribution in [0.3, 0.4) is 0 Å². The van der Waals surface area contributed by atoms with Crippen molar-refractivity contribution >= 4 is 23.4 Å². The third kappa shape index (κ3) is 4.49. The number of pyridine rings is 1. The van der Waals surface area contributed by atoms with Crippen molar-refractivity contribution in [3.8, 4) is 5.69 Å². The lowest BCUT2D eigenvalue weighted by Crippen LogP contribution is -2.46. The predicted molar refractivity (Wildman–Crippen MR) is 121 cm³/mol. The summed E-state index contributed by atoms with van der Waals surface area (Å²) < 4.78 is 2.07. The number of nitrogens with zero attached hydrogens (tertiary/aromatic N) is 3. The third-order valence-corrected chi connectivity index (χ3v) is 6.04. The number of carbonyl (C=O) groups excluding carboxylic acids is 2. The molecule has 1 N–H and O–H groups in total. The van der Waals surface area contributed by atoms with Crippen LogP contribution in [0.5, 0.6) is 0 Å². The van der Waals surface area contributed by atoms with E-state index in [4.69, 9.17) is 11.6 Å². The zero-order chi connectivity index (χ0) is 22.0. The second-order valence-electron chi connectivity index (χ2n) is 7.88. The van der Waals surface area contributed by atoms with Crippen LogP contribution >= 0.6 is 11.6 Å². The largest absolute Gasteiger partial charge is 0.349 e. The molecule has 0 saturated carbocycles. The quantitative estimate of drug-likeness (QED) is 0.667. The molecule has 6 nitrogen and oxygen atoms in total. The third-order valence-electron chi connectivity index (χ3n) is 5.79. The van der Waals surface area contributed by atoms with E-state index in [-0.39, 0.29) is 17.9 Å². The molecule has 2 amide bonds. The highest BCUT2D eigenvalue weighted by atomic mass is 35.5. The van der Waals surface area contributed by atoms with E-state index in [2.05, 4.69) is 14.9 Å². The first-order valence-corrected chi connectivity index (χ1v) is 10.8. The molecule has 0 atom stereocenters. The Balaban J connectivity index is 1.42. The number of nitrogens with one attached hydrogen (secondary N) is 1. The van der Waals surface area contributed by atoms with Crippen LogP contribution < -0.4 is 5.32 Å². The van der Waals surface area contributed by atoms with Gasteiger partial charge in [0.25, 0.3) is 11.8 Å². The maximum atomic E-state index is 13.2. The lowest BCUT2D eigenvalue weighted by molar-refractivity contribution is 0.0697. The van der Waals surface area contributed by atoms with Crippen LogP contribution in [0.25, 0.3) is 5.69 Å². The summed E-state index contributed by atoms with van der Waals surface area (Å²) in [5, 5.41) is 3.73. The standard InChI is InChI=1S/C24H25ClN4O2/c1-16-14-22(17(2)29(16)21-7-5-19(25)6-8-21)24(31)28-12-9-20(10-13-28)27-23(30)18-4-3-11-26-15-18/h3-8,11,14-15,20H,9-10,12-13H2,1-2H3,(H,27,30). The number of piperidine rings is 1. The lowest BCUT2D eigenvalue weighted by atomic mass is 10.0. The topological polar surface area (TPSA) is 67.2 Å². The van der Waals surface area contributed by atoms with Crippen LogP contribution in [0.4, 0.5) is 0 Å². The summed E-state index contributed by atoms with van der Waals surface area (Å²) in [7, 11) is 0. The zero-order valence-corrected chi connectivity index (χ0v) is 18.4. The van der Waals surface area contributed by atoms with Crippen molar-refractivity contribution in [3.05, 3.63) is 82.4 Å². The van der Waals surface area contributed by atoms with Crippen LogP contribution in [-0.4, -0.2) is 45.4 Å². The minimum absolute atomic E-state index is 0.0327. The van der Waals surface area contributed by atoms with Gasteiger partial charge in [0, 0.05) is 53.6 Å². The molecule has 31 heavy (non-hydrogen) atoms. The van der Waals surface area contributed by atoms with E-state index >= 15 is 0 Å². The number of hydrogen-bond acceptors (Lipinski definition) is 3. The van der Waals surface area contributed by atoms with E-state index in [1.165, 1.54) is 0 Å². The number of aromatic nitrogens is 2. The molecule has 2 aromatic heterocycles. The van der Waals surface area contributed by atoms with Crippen molar-refractivity contribution in [3.63, 3.8) is 0 Å². The monoisotopic (exact) mass is 436 g/mol. The summed E-state index contributed by atoms with van der Waals surface area (Å²) in [5.41, 5.74) is 4.16. The highest BCUT2D eigenvalue weighted by Crippen LogP contribution is 2.24. The summed E-state index contributed by atoms with van der Waals surface area (Å²) in [5.74, 6) is -0.0882. The molecule has 1 aliphatic heterocycles. The number of likely N-dealkylation sites (tertiary alicyclic amines) is 1. The van der Waals surface area contributed by atoms with Crippen LogP contribution in [0.15, 0.2) is 54.9 Å². The fourth-order valence-electron chi connectivity index (χ4n) is 4.13. The van der Waals surface area contributed by atoms with Gasteiger partial charge in [-0.25, -0.2) is 0 Å². The average molecular weight is 437 g/mol. The van der Waals surface area contributed by atoms with Gasteiger partial charge in [0.2, 0.25) is 0 Å². The Morgan fingerprint density at radius 1 is 1.10 bits per heavy atom. The average Bonchev–Trinajstić information content (AvgIpc) is 3.09. The molecule has 4 rings (SSSR count). The van der Waals surface area contributed by atoms with Crippen molar-refractivity contribution in [1.82, 2.24) is 19.8 Å². The minimum Gasteiger partial charge on any atom is -0.349 e. The van der Waals surface area contributed by atoms with E-state index in [1.54, 1.807) is 24.5 Å². The Hall–Kier alpha value is -3.12. The second kappa shape index (κ2) is 8.94. The molecule has 0 unspecified atom stereocenters. The molecule has 160 valence electrons. The number of aryl methyl sites for hydroxylation is 1. The Morgan fingerprint density at radius 3 is 2.45 bits per heavy atom. The maximum absolute atomic E-state index is 13.2. The van der Waals surface area contributed by atoms with Crippen molar-refractivity contribution in [1.29, 1.82) is 0 Å². The molecule has 1 aliphatic rings. The summed E-state index contributed by atoms with van der Waals surface area (Å²) in [4.78, 5) is 31.4. The normalized spacial score (nSPS) is 14.5. The Labute approximate surface area is 186 Å². The van der Waals surface area contributed by atoms with E-state index < -0.39 is 0 Å². The number of amides is 2. The van der Waals surface area contributed by atoms with Gasteiger partial charge in [-0.3, -0.25) is 14.6 Å². The highest BCUT2D eigenvalue weighted by Gasteiger charge is 2.27. The van der Waals surface area contributed by atoms with Gasteiger partial charge >= 0.3 is 0 Å². The fraction of sp³-hybridized carbons (Fsp3) is 0.292. The molecule has 1 aromatic carbocycles. The van der Waals surface area contributed by atoms with Crippen LogP contribution in [0.2, 0.25) is 5.02 Å². The van der Waals surface area contributed by atoms with Gasteiger partial charge in [0.15, 0.2) is 0 Å². The van der Waals surface area contributed by atoms with Gasteiger partial charge in [-0.15, -0.1) is 0 Å². The van der Waals surface area contributed by atoms with E-state index in [9.17, 15) is 9.59 Å². The Bertz CT molecular complexity index is 1080. The van der Waals surface area contributed by atoms with Crippen molar-refractivity contribution in [2.75, 3.05) is 13.1 Å². The zero-order valence-electron chi connectivity index (χ0n) is 17.6. The van der Waals surface area contributed by atoms with Crippen LogP contribution in [-0.2, 0) is 0 Å². The molecular weight excluding hydrogens is 412 g/mol. The van der Waals surface area contributed by atoms with Gasteiger partial charge in [0.05, 0.1) is 11.1 Å². The van der Waals surface area contributed by atoms with Crippen LogP contribution in [0, 0.1) is 13.8 Å². The Kier molecular flexibility index (Phi) is 6.09. The van der Waals surface area contributed by atoms with Crippen molar-refractivity contribution < 1.29 is 9.59 Å². The predicted octanol–water partition coefficient (Wildman–Crippen LogP) is 4.18. The molecule has 1 fully saturated rings. The molecule has 0 bridgehead atoms. The van der Waals surface area contributed by atoms with Crippen LogP contribution in [0.1, 0.15) is 44.9 Å². The first kappa shape index (κ1) is 21.1. The van der Waals surface area contributed by atoms with Gasteiger partial charge < -0.3 is 14.8 Å². The van der Waals surface area contributed by atoms with E-state index in [0.717, 1.165) is 29.9 Å². The summed E-state index contributed by atoms with van der Waals surface area (Å²) in [6.45, 7) is 5.19. The summed E-state index contributed by atoms with van der Waals surface area (Å²) in [6.07, 6.45) is 4.66. The van der Waals surface area contributed by atoms with Crippen molar-refractivity contribution in [2.24, 2.45) is 0 Å². The molecule has 3 heterocycles. The number of hydrogen-bond donors (Lipinski definition) is 1. The molecule has 3 aromatic rings. The van der Waals surface area contributed by atoms with Gasteiger partial charge in [-0.05, 0) is 69.2 Å². The minimum atomic E-state index is -0.121. The first-order valence-electron chi connectivity index (χ1n) is 10.4. The fourth-order valence-corrected chi connectivity index (χ4v) is 4.26. The SMILES string of the molecule is Cc1cc(C(=O)N2CCC(NC(=O)c3cccnc3)CC2)c(C)n1-c1ccc(Cl)cc1. The smallest absolute Gasteiger partial charge is 0.255 e. The number of rotatable bonds is 4. The molecular formula is C24H25ClN4O2. The second-order valence-corrected chi connectivity index (χ2v) is 8.31. The number of halogens is 1. The van der Waals surface area contributed by atoms with Gasteiger partial charge in [-0.1, -0.05) is 11.6 Å². The van der Waals surface area contributed by atoms with Gasteiger partial charge in [-0.2, -0.15) is 0 Å². The van der Waals surface area contributed by atoms with Crippen molar-refractivity contribution in [2.45, 2.75) is 32.7 Å². The lowest BCUT2D eigenvalue weighted by Gasteiger charge is -2.32. The molecule has 0 spiro atoms. The summed E-state index contributed by atoms with van der Waals surface area (Å²) in [6, 6.07) is 13.1. The molecule has 7 heteroatoms. The summed E-state index contributed by atoms with van der Waals surface area (Å²) >= 11 is 6.01. The highest BCUT2D eigenvalue weighted by molar-refractivity contribution is 6.30. The van der Waals surface area contributed by atoms with E-state index in [1.807, 2.05) is 49.1 Å². The Morgan fingerprint density at radius 2 is 1.81 bits per heavy atom. The molecule has 1 saturated heterocycles. The number of carbonyl (C=O) groups is 2. The van der Waals surface area contributed by atoms with Gasteiger partial charge in [0.1, 0.15) is 0 Å². The molecule has 0 aliphatic carbocycles.